The van der Waals surface area contributed by atoms with E-state index in [4.69, 9.17) is 5.73 Å². The summed E-state index contributed by atoms with van der Waals surface area (Å²) in [5, 5.41) is 3.12. The maximum absolute atomic E-state index is 12.2. The molecule has 17 heavy (non-hydrogen) atoms. The minimum absolute atomic E-state index is 0.147. The van der Waals surface area contributed by atoms with Gasteiger partial charge in [0.15, 0.2) is 0 Å². The summed E-state index contributed by atoms with van der Waals surface area (Å²) in [5.74, 6) is 0.947. The zero-order valence-electron chi connectivity index (χ0n) is 11.4. The number of hydrogen-bond donors (Lipinski definition) is 2. The van der Waals surface area contributed by atoms with Gasteiger partial charge >= 0.3 is 0 Å². The van der Waals surface area contributed by atoms with Crippen LogP contribution in [0.2, 0.25) is 0 Å². The Balaban J connectivity index is 2.53. The molecule has 1 fully saturated rings. The van der Waals surface area contributed by atoms with E-state index in [0.29, 0.717) is 12.5 Å². The van der Waals surface area contributed by atoms with E-state index in [1.54, 1.807) is 0 Å². The summed E-state index contributed by atoms with van der Waals surface area (Å²) in [6.07, 6.45) is 8.14. The molecule has 0 bridgehead atoms. The van der Waals surface area contributed by atoms with Crippen molar-refractivity contribution in [2.24, 2.45) is 17.6 Å². The van der Waals surface area contributed by atoms with Crippen LogP contribution in [-0.4, -0.2) is 18.5 Å². The molecule has 0 radical (unpaired) electrons. The van der Waals surface area contributed by atoms with Crippen LogP contribution in [0.4, 0.5) is 0 Å². The summed E-state index contributed by atoms with van der Waals surface area (Å²) in [6.45, 7) is 4.79. The SMILES string of the molecule is CCC(C)NC(=O)C(CCN)C1CCCCC1. The molecule has 0 saturated heterocycles. The van der Waals surface area contributed by atoms with Crippen LogP contribution in [0.25, 0.3) is 0 Å². The van der Waals surface area contributed by atoms with Crippen molar-refractivity contribution in [1.82, 2.24) is 5.32 Å². The maximum atomic E-state index is 12.2. The van der Waals surface area contributed by atoms with Gasteiger partial charge in [-0.25, -0.2) is 0 Å². The highest BCUT2D eigenvalue weighted by Crippen LogP contribution is 2.31. The van der Waals surface area contributed by atoms with Gasteiger partial charge < -0.3 is 11.1 Å². The average molecular weight is 240 g/mol. The minimum atomic E-state index is 0.147. The van der Waals surface area contributed by atoms with E-state index in [9.17, 15) is 4.79 Å². The standard InChI is InChI=1S/C14H28N2O/c1-3-11(2)16-14(17)13(9-10-15)12-7-5-4-6-8-12/h11-13H,3-10,15H2,1-2H3,(H,16,17). The maximum Gasteiger partial charge on any atom is 0.223 e. The molecule has 3 heteroatoms. The van der Waals surface area contributed by atoms with Gasteiger partial charge in [0.1, 0.15) is 0 Å². The molecule has 3 N–H and O–H groups in total. The zero-order chi connectivity index (χ0) is 12.7. The Kier molecular flexibility index (Phi) is 6.56. The van der Waals surface area contributed by atoms with Crippen molar-refractivity contribution in [3.05, 3.63) is 0 Å². The van der Waals surface area contributed by atoms with Crippen molar-refractivity contribution >= 4 is 5.91 Å². The molecule has 2 unspecified atom stereocenters. The zero-order valence-corrected chi connectivity index (χ0v) is 11.4. The van der Waals surface area contributed by atoms with E-state index < -0.39 is 0 Å². The first-order chi connectivity index (χ1) is 8.19. The van der Waals surface area contributed by atoms with Gasteiger partial charge in [0, 0.05) is 12.0 Å². The molecule has 0 aliphatic heterocycles. The average Bonchev–Trinajstić information content (AvgIpc) is 2.36. The third-order valence-corrected chi connectivity index (χ3v) is 4.03. The highest BCUT2D eigenvalue weighted by Gasteiger charge is 2.29. The number of nitrogens with two attached hydrogens (primary N) is 1. The molecule has 1 aliphatic rings. The fourth-order valence-corrected chi connectivity index (χ4v) is 2.75. The Labute approximate surface area is 106 Å². The van der Waals surface area contributed by atoms with Gasteiger partial charge in [0.25, 0.3) is 0 Å². The second-order valence-electron chi connectivity index (χ2n) is 5.40. The van der Waals surface area contributed by atoms with Crippen LogP contribution in [0.5, 0.6) is 0 Å². The van der Waals surface area contributed by atoms with E-state index in [1.165, 1.54) is 32.1 Å². The number of amides is 1. The first-order valence-electron chi connectivity index (χ1n) is 7.19. The van der Waals surface area contributed by atoms with Gasteiger partial charge in [-0.05, 0) is 45.1 Å². The Morgan fingerprint density at radius 3 is 2.53 bits per heavy atom. The van der Waals surface area contributed by atoms with Crippen LogP contribution in [0.15, 0.2) is 0 Å². The molecule has 0 aromatic heterocycles. The molecular formula is C14H28N2O. The van der Waals surface area contributed by atoms with Gasteiger partial charge in [-0.3, -0.25) is 4.79 Å². The smallest absolute Gasteiger partial charge is 0.223 e. The molecular weight excluding hydrogens is 212 g/mol. The van der Waals surface area contributed by atoms with Gasteiger partial charge in [-0.1, -0.05) is 26.2 Å². The van der Waals surface area contributed by atoms with Crippen LogP contribution >= 0.6 is 0 Å². The van der Waals surface area contributed by atoms with Crippen molar-refractivity contribution in [3.63, 3.8) is 0 Å². The molecule has 1 amide bonds. The van der Waals surface area contributed by atoms with Gasteiger partial charge in [0.2, 0.25) is 5.91 Å². The van der Waals surface area contributed by atoms with Crippen molar-refractivity contribution in [3.8, 4) is 0 Å². The predicted octanol–water partition coefficient (Wildman–Crippen LogP) is 2.45. The molecule has 1 saturated carbocycles. The second-order valence-corrected chi connectivity index (χ2v) is 5.40. The third kappa shape index (κ3) is 4.66. The Bertz CT molecular complexity index is 224. The van der Waals surface area contributed by atoms with Crippen molar-refractivity contribution in [1.29, 1.82) is 0 Å². The molecule has 1 rings (SSSR count). The largest absolute Gasteiger partial charge is 0.353 e. The van der Waals surface area contributed by atoms with E-state index in [1.807, 2.05) is 0 Å². The number of carbonyl (C=O) groups is 1. The van der Waals surface area contributed by atoms with E-state index >= 15 is 0 Å². The quantitative estimate of drug-likeness (QED) is 0.749. The number of nitrogens with one attached hydrogen (secondary N) is 1. The van der Waals surface area contributed by atoms with Crippen LogP contribution in [0, 0.1) is 11.8 Å². The van der Waals surface area contributed by atoms with Crippen LogP contribution < -0.4 is 11.1 Å². The summed E-state index contributed by atoms with van der Waals surface area (Å²) in [4.78, 5) is 12.2. The summed E-state index contributed by atoms with van der Waals surface area (Å²) in [7, 11) is 0. The molecule has 0 aromatic rings. The molecule has 2 atom stereocenters. The minimum Gasteiger partial charge on any atom is -0.353 e. The van der Waals surface area contributed by atoms with Crippen LogP contribution in [0.3, 0.4) is 0 Å². The normalized spacial score (nSPS) is 20.9. The van der Waals surface area contributed by atoms with Crippen LogP contribution in [-0.2, 0) is 4.79 Å². The fourth-order valence-electron chi connectivity index (χ4n) is 2.75. The first kappa shape index (κ1) is 14.5. The highest BCUT2D eigenvalue weighted by molar-refractivity contribution is 5.79. The lowest BCUT2D eigenvalue weighted by Crippen LogP contribution is -2.41. The second kappa shape index (κ2) is 7.70. The van der Waals surface area contributed by atoms with Gasteiger partial charge in [0.05, 0.1) is 0 Å². The number of hydrogen-bond acceptors (Lipinski definition) is 2. The fraction of sp³-hybridized carbons (Fsp3) is 0.929. The van der Waals surface area contributed by atoms with E-state index in [-0.39, 0.29) is 17.9 Å². The third-order valence-electron chi connectivity index (χ3n) is 4.03. The Hall–Kier alpha value is -0.570. The highest BCUT2D eigenvalue weighted by atomic mass is 16.1. The van der Waals surface area contributed by atoms with E-state index in [2.05, 4.69) is 19.2 Å². The van der Waals surface area contributed by atoms with Crippen LogP contribution in [0.1, 0.15) is 58.8 Å². The molecule has 3 nitrogen and oxygen atoms in total. The lowest BCUT2D eigenvalue weighted by molar-refractivity contribution is -0.128. The molecule has 0 spiro atoms. The van der Waals surface area contributed by atoms with Crippen molar-refractivity contribution in [2.75, 3.05) is 6.54 Å². The number of carbonyl (C=O) groups excluding carboxylic acids is 1. The van der Waals surface area contributed by atoms with Crippen molar-refractivity contribution < 1.29 is 4.79 Å². The predicted molar refractivity (Wildman–Crippen MR) is 71.6 cm³/mol. The van der Waals surface area contributed by atoms with Gasteiger partial charge in [-0.15, -0.1) is 0 Å². The summed E-state index contributed by atoms with van der Waals surface area (Å²) in [5.41, 5.74) is 5.66. The molecule has 100 valence electrons. The van der Waals surface area contributed by atoms with E-state index in [0.717, 1.165) is 12.8 Å². The number of rotatable bonds is 6. The lowest BCUT2D eigenvalue weighted by Gasteiger charge is -2.30. The summed E-state index contributed by atoms with van der Waals surface area (Å²) >= 11 is 0. The topological polar surface area (TPSA) is 55.1 Å². The Morgan fingerprint density at radius 2 is 2.00 bits per heavy atom. The monoisotopic (exact) mass is 240 g/mol. The molecule has 0 heterocycles. The first-order valence-corrected chi connectivity index (χ1v) is 7.19. The molecule has 1 aliphatic carbocycles. The summed E-state index contributed by atoms with van der Waals surface area (Å²) in [6, 6.07) is 0.284. The Morgan fingerprint density at radius 1 is 1.35 bits per heavy atom. The molecule has 0 aromatic carbocycles. The van der Waals surface area contributed by atoms with Gasteiger partial charge in [-0.2, -0.15) is 0 Å². The van der Waals surface area contributed by atoms with Crippen molar-refractivity contribution in [2.45, 2.75) is 64.8 Å². The summed E-state index contributed by atoms with van der Waals surface area (Å²) < 4.78 is 0. The lowest BCUT2D eigenvalue weighted by atomic mass is 9.78.